The van der Waals surface area contributed by atoms with E-state index >= 15 is 0 Å². The highest BCUT2D eigenvalue weighted by Gasteiger charge is 2.41. The van der Waals surface area contributed by atoms with E-state index in [4.69, 9.17) is 62.3 Å². The molecule has 19 nitrogen and oxygen atoms in total. The number of phosphoric acid groups is 1. The van der Waals surface area contributed by atoms with Crippen LogP contribution < -0.4 is 15.5 Å². The highest BCUT2D eigenvalue weighted by Crippen LogP contribution is 2.54. The van der Waals surface area contributed by atoms with Crippen molar-refractivity contribution in [2.24, 2.45) is 11.8 Å². The van der Waals surface area contributed by atoms with Crippen molar-refractivity contribution in [2.75, 3.05) is 93.3 Å². The van der Waals surface area contributed by atoms with Gasteiger partial charge in [-0.3, -0.25) is 37.5 Å². The predicted molar refractivity (Wildman–Crippen MR) is 259 cm³/mol. The summed E-state index contributed by atoms with van der Waals surface area (Å²) in [5.41, 5.74) is 0. The highest BCUT2D eigenvalue weighted by molar-refractivity contribution is 7.53. The number of phosphoric ester groups is 1. The van der Waals surface area contributed by atoms with Crippen molar-refractivity contribution in [3.05, 3.63) is 24.3 Å². The third-order valence-corrected chi connectivity index (χ3v) is 14.8. The van der Waals surface area contributed by atoms with E-state index in [0.717, 1.165) is 19.3 Å². The minimum Gasteiger partial charge on any atom is -0.756 e. The topological polar surface area (TPSA) is 212 Å². The Morgan fingerprint density at radius 3 is 2.12 bits per heavy atom. The van der Waals surface area contributed by atoms with Crippen LogP contribution in [0.4, 0.5) is 0 Å². The van der Waals surface area contributed by atoms with Gasteiger partial charge in [-0.2, -0.15) is 0 Å². The molecule has 27 heteroatoms. The van der Waals surface area contributed by atoms with Crippen LogP contribution in [0.5, 0.6) is 0 Å². The second-order valence-corrected chi connectivity index (χ2v) is 21.0. The lowest BCUT2D eigenvalue weighted by molar-refractivity contribution is -0.232. The maximum atomic E-state index is 13.3. The number of morpholine rings is 2. The van der Waals surface area contributed by atoms with Crippen molar-refractivity contribution < 1.29 is 56.2 Å². The van der Waals surface area contributed by atoms with Crippen LogP contribution in [0.25, 0.3) is 0 Å². The molecule has 2 N–H and O–H groups in total. The molecule has 66 heavy (non-hydrogen) atoms. The quantitative estimate of drug-likeness (QED) is 0.0980. The molecule has 2 heterocycles. The molecule has 2 saturated heterocycles. The molecule has 11 unspecified atom stereocenters. The van der Waals surface area contributed by atoms with Crippen molar-refractivity contribution in [3.8, 4) is 0 Å². The number of hydrogen-bond acceptors (Lipinski definition) is 13. The van der Waals surface area contributed by atoms with Crippen LogP contribution in [0.3, 0.4) is 0 Å². The van der Waals surface area contributed by atoms with Crippen LogP contribution in [-0.4, -0.2) is 204 Å². The van der Waals surface area contributed by atoms with Gasteiger partial charge in [0.15, 0.2) is 6.29 Å². The van der Waals surface area contributed by atoms with Crippen LogP contribution in [0, 0.1) is 11.8 Å². The molecular formula is C39H68B5N7O12P3-. The number of nitrogens with zero attached hydrogens (tertiary/aromatic N) is 5. The molecule has 0 aromatic carbocycles. The fourth-order valence-electron chi connectivity index (χ4n) is 7.04. The molecule has 0 spiro atoms. The van der Waals surface area contributed by atoms with Gasteiger partial charge in [-0.25, -0.2) is 9.34 Å². The minimum atomic E-state index is -4.32. The lowest BCUT2D eigenvalue weighted by Gasteiger charge is -2.42. The van der Waals surface area contributed by atoms with Gasteiger partial charge in [-0.1, -0.05) is 58.7 Å². The number of likely N-dealkylation sites (N-methyl/N-ethyl adjacent to an activating group) is 2. The zero-order valence-electron chi connectivity index (χ0n) is 39.4. The molecule has 10 radical (unpaired) electrons. The average molecular weight is 974 g/mol. The summed E-state index contributed by atoms with van der Waals surface area (Å²) in [6.45, 7) is 9.04. The van der Waals surface area contributed by atoms with Crippen LogP contribution in [0.1, 0.15) is 46.5 Å². The normalized spacial score (nSPS) is 27.4. The first kappa shape index (κ1) is 60.3. The summed E-state index contributed by atoms with van der Waals surface area (Å²) in [7, 11) is 28.0. The molecule has 0 saturated carbocycles. The van der Waals surface area contributed by atoms with E-state index in [1.807, 2.05) is 47.5 Å². The van der Waals surface area contributed by atoms with E-state index in [2.05, 4.69) is 20.0 Å². The minimum absolute atomic E-state index is 0.0309. The molecule has 4 aliphatic rings. The Bertz CT molecular complexity index is 1670. The molecule has 11 atom stereocenters. The summed E-state index contributed by atoms with van der Waals surface area (Å²) in [6, 6.07) is -0.444. The number of ether oxygens (including phenoxy) is 2. The predicted octanol–water partition coefficient (Wildman–Crippen LogP) is 0.759. The Labute approximate surface area is 401 Å². The van der Waals surface area contributed by atoms with Gasteiger partial charge in [-0.15, -0.1) is 0 Å². The fourth-order valence-corrected chi connectivity index (χ4v) is 10.5. The van der Waals surface area contributed by atoms with Gasteiger partial charge in [0, 0.05) is 64.2 Å². The first-order valence-electron chi connectivity index (χ1n) is 22.3. The first-order chi connectivity index (χ1) is 31.1. The molecule has 2 aliphatic heterocycles. The summed E-state index contributed by atoms with van der Waals surface area (Å²) in [5.74, 6) is -1.39. The molecular weight excluding hydrogens is 905 g/mol. The van der Waals surface area contributed by atoms with Crippen molar-refractivity contribution in [1.29, 1.82) is 0 Å². The van der Waals surface area contributed by atoms with E-state index in [-0.39, 0.29) is 92.7 Å². The molecule has 0 aromatic heterocycles. The van der Waals surface area contributed by atoms with E-state index in [1.165, 1.54) is 16.8 Å². The van der Waals surface area contributed by atoms with E-state index in [0.29, 0.717) is 45.8 Å². The molecule has 2 fully saturated rings. The Kier molecular flexibility index (Phi) is 28.1. The Morgan fingerprint density at radius 2 is 1.56 bits per heavy atom. The molecule has 2 aliphatic carbocycles. The Hall–Kier alpha value is -1.79. The number of hydrogen-bond donors (Lipinski definition) is 2. The standard InChI is InChI=1S/C15H23B2O4P.C13H22B2N4O4.C11H24BN3O4P2/c1-2-12-5-8-14(17)9-15(12)21-22(18,19)20-10-11-3-6-13(16)7-4-11;1-3-18(12(22)6-14)9-11(21)17-4-5-19(13(23)7-15)8-10(20)16-2;1-9-6-15(4-5-17-9)21(16,13(2)3)19-11-8-14(20)7-10(12)18-11/h3,5-6,8,11-15H,2,4,7,9-10H2,1H3,(H,18,19);3-9H2,1-2H3,(H,16,20)(H,17,21);9-11H,4-8,20H2,1-3H3/p-1. The van der Waals surface area contributed by atoms with Crippen LogP contribution in [-0.2, 0) is 51.4 Å². The third-order valence-electron chi connectivity index (χ3n) is 10.8. The zero-order valence-corrected chi connectivity index (χ0v) is 42.4. The number of carbonyl (C=O) groups is 4. The summed E-state index contributed by atoms with van der Waals surface area (Å²) in [5, 5.41) is 5.00. The van der Waals surface area contributed by atoms with Crippen molar-refractivity contribution >= 4 is 87.7 Å². The van der Waals surface area contributed by atoms with E-state index in [9.17, 15) is 33.2 Å². The van der Waals surface area contributed by atoms with Crippen molar-refractivity contribution in [2.45, 2.75) is 95.2 Å². The smallest absolute Gasteiger partial charge is 0.348 e. The van der Waals surface area contributed by atoms with Gasteiger partial charge in [0.1, 0.15) is 7.85 Å². The largest absolute Gasteiger partial charge is 0.756 e. The highest BCUT2D eigenvalue weighted by atomic mass is 31.2. The lowest BCUT2D eigenvalue weighted by atomic mass is 9.75. The van der Waals surface area contributed by atoms with Gasteiger partial charge in [0.25, 0.3) is 7.82 Å². The first-order valence-corrected chi connectivity index (χ1v) is 25.8. The molecule has 0 aromatic rings. The number of carbonyl (C=O) groups excluding carboxylic acids is 4. The Morgan fingerprint density at radius 1 is 0.909 bits per heavy atom. The monoisotopic (exact) mass is 974 g/mol. The van der Waals surface area contributed by atoms with Crippen LogP contribution >= 0.6 is 24.9 Å². The molecule has 4 amide bonds. The second-order valence-electron chi connectivity index (χ2n) is 16.4. The van der Waals surface area contributed by atoms with Crippen LogP contribution in [0.2, 0.25) is 24.3 Å². The van der Waals surface area contributed by atoms with Crippen molar-refractivity contribution in [1.82, 2.24) is 34.4 Å². The molecule has 4 rings (SSSR count). The van der Waals surface area contributed by atoms with E-state index < -0.39 is 39.8 Å². The molecule has 362 valence electrons. The maximum absolute atomic E-state index is 13.3. The third kappa shape index (κ3) is 21.9. The second kappa shape index (κ2) is 30.7. The van der Waals surface area contributed by atoms with Gasteiger partial charge in [0.05, 0.1) is 76.4 Å². The van der Waals surface area contributed by atoms with Gasteiger partial charge < -0.3 is 43.8 Å². The van der Waals surface area contributed by atoms with Crippen LogP contribution in [0.15, 0.2) is 24.3 Å². The van der Waals surface area contributed by atoms with Crippen molar-refractivity contribution in [3.63, 3.8) is 0 Å². The summed E-state index contributed by atoms with van der Waals surface area (Å²) < 4.78 is 58.0. The maximum Gasteiger partial charge on any atom is 0.348 e. The van der Waals surface area contributed by atoms with E-state index in [1.54, 1.807) is 25.7 Å². The van der Waals surface area contributed by atoms with Gasteiger partial charge in [0.2, 0.25) is 23.6 Å². The number of nitrogens with one attached hydrogen (secondary N) is 2. The SMILES string of the molecule is [B]C1C=CC(COP(=O)([O-])OC2CC([B])C=CC2CC)CC1.[B]C1CN(P)CC(OP(=O)(N(C)C)N2CCOC(C)C2)O1.[B]CC(=O)N(CCNC(=O)CN(CC)C(=O)C[B])CC(=O)NC. The molecule has 0 bridgehead atoms. The van der Waals surface area contributed by atoms with Gasteiger partial charge in [-0.05, 0) is 59.8 Å². The zero-order chi connectivity index (χ0) is 49.6. The number of rotatable bonds is 20. The lowest BCUT2D eigenvalue weighted by Crippen LogP contribution is -2.47. The number of amides is 4. The Balaban J connectivity index is 0.000000340. The summed E-state index contributed by atoms with van der Waals surface area (Å²) >= 11 is 0. The fraction of sp³-hybridized carbons (Fsp3) is 0.795. The summed E-state index contributed by atoms with van der Waals surface area (Å²) in [4.78, 5) is 60.8. The van der Waals surface area contributed by atoms with Gasteiger partial charge >= 0.3 is 7.67 Å². The number of allylic oxidation sites excluding steroid dienone is 2. The average Bonchev–Trinajstić information content (AvgIpc) is 3.27. The summed E-state index contributed by atoms with van der Waals surface area (Å²) in [6.07, 6.45) is 9.20.